The summed E-state index contributed by atoms with van der Waals surface area (Å²) in [5.74, 6) is 0.234. The largest absolute Gasteiger partial charge is 0.272 e. The number of hydrazone groups is 1. The van der Waals surface area contributed by atoms with Gasteiger partial charge < -0.3 is 0 Å². The Morgan fingerprint density at radius 1 is 1.23 bits per heavy atom. The molecule has 7 heteroatoms. The SMILES string of the molecule is CC1CCC(=NNC(=O)CNS(=O)(=O)c2ccccc2)CC1. The predicted octanol–water partition coefficient (Wildman–Crippen LogP) is 1.65. The minimum Gasteiger partial charge on any atom is -0.272 e. The molecule has 1 aliphatic carbocycles. The molecule has 0 radical (unpaired) electrons. The monoisotopic (exact) mass is 323 g/mol. The van der Waals surface area contributed by atoms with Gasteiger partial charge in [-0.3, -0.25) is 4.79 Å². The summed E-state index contributed by atoms with van der Waals surface area (Å²) in [6, 6.07) is 7.94. The molecule has 22 heavy (non-hydrogen) atoms. The lowest BCUT2D eigenvalue weighted by molar-refractivity contribution is -0.119. The smallest absolute Gasteiger partial charge is 0.255 e. The summed E-state index contributed by atoms with van der Waals surface area (Å²) in [6.45, 7) is 1.87. The second-order valence-electron chi connectivity index (χ2n) is 5.53. The maximum atomic E-state index is 12.0. The maximum Gasteiger partial charge on any atom is 0.255 e. The quantitative estimate of drug-likeness (QED) is 0.808. The van der Waals surface area contributed by atoms with Crippen LogP contribution in [0.4, 0.5) is 0 Å². The van der Waals surface area contributed by atoms with Crippen molar-refractivity contribution in [2.24, 2.45) is 11.0 Å². The molecule has 1 aliphatic rings. The van der Waals surface area contributed by atoms with E-state index in [0.717, 1.165) is 31.4 Å². The third kappa shape index (κ3) is 4.92. The Kier molecular flexibility index (Phi) is 5.68. The number of hydrogen-bond acceptors (Lipinski definition) is 4. The van der Waals surface area contributed by atoms with Crippen molar-refractivity contribution in [2.45, 2.75) is 37.5 Å². The van der Waals surface area contributed by atoms with Crippen molar-refractivity contribution in [3.63, 3.8) is 0 Å². The second-order valence-corrected chi connectivity index (χ2v) is 7.30. The van der Waals surface area contributed by atoms with Crippen LogP contribution in [0, 0.1) is 5.92 Å². The molecule has 0 aliphatic heterocycles. The molecule has 0 unspecified atom stereocenters. The zero-order valence-electron chi connectivity index (χ0n) is 12.6. The molecule has 1 saturated carbocycles. The van der Waals surface area contributed by atoms with Crippen LogP contribution in [-0.4, -0.2) is 26.6 Å². The highest BCUT2D eigenvalue weighted by Crippen LogP contribution is 2.20. The fraction of sp³-hybridized carbons (Fsp3) is 0.467. The van der Waals surface area contributed by atoms with E-state index in [2.05, 4.69) is 22.2 Å². The fourth-order valence-corrected chi connectivity index (χ4v) is 3.23. The zero-order valence-corrected chi connectivity index (χ0v) is 13.4. The molecule has 1 amide bonds. The first kappa shape index (κ1) is 16.6. The standard InChI is InChI=1S/C15H21N3O3S/c1-12-7-9-13(10-8-12)17-18-15(19)11-16-22(20,21)14-5-3-2-4-6-14/h2-6,12,16H,7-11H2,1H3,(H,18,19). The number of amides is 1. The van der Waals surface area contributed by atoms with Crippen LogP contribution < -0.4 is 10.1 Å². The average Bonchev–Trinajstić information content (AvgIpc) is 2.53. The van der Waals surface area contributed by atoms with Gasteiger partial charge in [0.05, 0.1) is 11.4 Å². The summed E-state index contributed by atoms with van der Waals surface area (Å²) < 4.78 is 26.2. The van der Waals surface area contributed by atoms with Gasteiger partial charge in [0.1, 0.15) is 0 Å². The minimum absolute atomic E-state index is 0.135. The van der Waals surface area contributed by atoms with Gasteiger partial charge in [-0.05, 0) is 43.7 Å². The number of benzene rings is 1. The van der Waals surface area contributed by atoms with Gasteiger partial charge in [0.2, 0.25) is 10.0 Å². The van der Waals surface area contributed by atoms with Crippen molar-refractivity contribution in [3.05, 3.63) is 30.3 Å². The first-order chi connectivity index (χ1) is 10.5. The van der Waals surface area contributed by atoms with E-state index >= 15 is 0 Å². The fourth-order valence-electron chi connectivity index (χ4n) is 2.23. The molecular weight excluding hydrogens is 302 g/mol. The lowest BCUT2D eigenvalue weighted by Gasteiger charge is -2.18. The number of hydrogen-bond donors (Lipinski definition) is 2. The number of sulfonamides is 1. The van der Waals surface area contributed by atoms with Gasteiger partial charge in [-0.1, -0.05) is 25.1 Å². The van der Waals surface area contributed by atoms with E-state index in [1.54, 1.807) is 18.2 Å². The van der Waals surface area contributed by atoms with Crippen molar-refractivity contribution in [1.29, 1.82) is 0 Å². The summed E-state index contributed by atoms with van der Waals surface area (Å²) in [7, 11) is -3.67. The summed E-state index contributed by atoms with van der Waals surface area (Å²) in [4.78, 5) is 11.8. The van der Waals surface area contributed by atoms with Gasteiger partial charge in [0.15, 0.2) is 0 Å². The van der Waals surface area contributed by atoms with Gasteiger partial charge in [0, 0.05) is 5.71 Å². The van der Waals surface area contributed by atoms with E-state index in [4.69, 9.17) is 0 Å². The number of carbonyl (C=O) groups is 1. The summed E-state index contributed by atoms with van der Waals surface area (Å²) in [5.41, 5.74) is 3.38. The van der Waals surface area contributed by atoms with Crippen LogP contribution in [0.25, 0.3) is 0 Å². The van der Waals surface area contributed by atoms with Crippen molar-refractivity contribution < 1.29 is 13.2 Å². The highest BCUT2D eigenvalue weighted by Gasteiger charge is 2.16. The Hall–Kier alpha value is -1.73. The highest BCUT2D eigenvalue weighted by atomic mass is 32.2. The van der Waals surface area contributed by atoms with Gasteiger partial charge in [0.25, 0.3) is 5.91 Å². The van der Waals surface area contributed by atoms with Crippen LogP contribution in [0.5, 0.6) is 0 Å². The van der Waals surface area contributed by atoms with Crippen LogP contribution >= 0.6 is 0 Å². The van der Waals surface area contributed by atoms with E-state index in [-0.39, 0.29) is 11.4 Å². The number of rotatable bonds is 5. The predicted molar refractivity (Wildman–Crippen MR) is 84.8 cm³/mol. The molecule has 6 nitrogen and oxygen atoms in total. The molecule has 0 heterocycles. The Bertz CT molecular complexity index is 631. The van der Waals surface area contributed by atoms with E-state index in [0.29, 0.717) is 5.92 Å². The number of carbonyl (C=O) groups excluding carboxylic acids is 1. The lowest BCUT2D eigenvalue weighted by Crippen LogP contribution is -2.35. The third-order valence-corrected chi connectivity index (χ3v) is 5.08. The van der Waals surface area contributed by atoms with Crippen LogP contribution in [0.15, 0.2) is 40.3 Å². The number of nitrogens with zero attached hydrogens (tertiary/aromatic N) is 1. The topological polar surface area (TPSA) is 87.6 Å². The van der Waals surface area contributed by atoms with Crippen LogP contribution in [0.3, 0.4) is 0 Å². The molecule has 2 rings (SSSR count). The van der Waals surface area contributed by atoms with Gasteiger partial charge in [-0.2, -0.15) is 5.10 Å². The summed E-state index contributed by atoms with van der Waals surface area (Å²) >= 11 is 0. The van der Waals surface area contributed by atoms with E-state index < -0.39 is 15.9 Å². The Morgan fingerprint density at radius 2 is 1.86 bits per heavy atom. The Balaban J connectivity index is 1.82. The molecule has 0 spiro atoms. The van der Waals surface area contributed by atoms with Gasteiger partial charge >= 0.3 is 0 Å². The van der Waals surface area contributed by atoms with Gasteiger partial charge in [-0.15, -0.1) is 0 Å². The highest BCUT2D eigenvalue weighted by molar-refractivity contribution is 7.89. The molecule has 1 aromatic rings. The van der Waals surface area contributed by atoms with E-state index in [1.165, 1.54) is 12.1 Å². The van der Waals surface area contributed by atoms with Crippen LogP contribution in [-0.2, 0) is 14.8 Å². The molecule has 0 saturated heterocycles. The summed E-state index contributed by atoms with van der Waals surface area (Å²) in [6.07, 6.45) is 3.93. The molecular formula is C15H21N3O3S. The van der Waals surface area contributed by atoms with Crippen LogP contribution in [0.2, 0.25) is 0 Å². The summed E-state index contributed by atoms with van der Waals surface area (Å²) in [5, 5.41) is 4.07. The maximum absolute atomic E-state index is 12.0. The van der Waals surface area contributed by atoms with Crippen molar-refractivity contribution in [1.82, 2.24) is 10.1 Å². The molecule has 1 fully saturated rings. The lowest BCUT2D eigenvalue weighted by atomic mass is 9.90. The second kappa shape index (κ2) is 7.51. The average molecular weight is 323 g/mol. The van der Waals surface area contributed by atoms with Crippen molar-refractivity contribution >= 4 is 21.6 Å². The van der Waals surface area contributed by atoms with E-state index in [9.17, 15) is 13.2 Å². The third-order valence-electron chi connectivity index (χ3n) is 3.67. The van der Waals surface area contributed by atoms with Crippen LogP contribution in [0.1, 0.15) is 32.6 Å². The van der Waals surface area contributed by atoms with Gasteiger partial charge in [-0.25, -0.2) is 18.6 Å². The van der Waals surface area contributed by atoms with Crippen molar-refractivity contribution in [3.8, 4) is 0 Å². The number of nitrogens with one attached hydrogen (secondary N) is 2. The molecule has 0 atom stereocenters. The first-order valence-corrected chi connectivity index (χ1v) is 8.84. The van der Waals surface area contributed by atoms with E-state index in [1.807, 2.05) is 0 Å². The Morgan fingerprint density at radius 3 is 2.50 bits per heavy atom. The molecule has 120 valence electrons. The normalized spacial score (nSPS) is 18.8. The molecule has 1 aromatic carbocycles. The zero-order chi connectivity index (χ0) is 16.0. The first-order valence-electron chi connectivity index (χ1n) is 7.36. The molecule has 0 bridgehead atoms. The molecule has 0 aromatic heterocycles. The molecule has 2 N–H and O–H groups in total. The minimum atomic E-state index is -3.67. The Labute approximate surface area is 131 Å². The van der Waals surface area contributed by atoms with Crippen molar-refractivity contribution in [2.75, 3.05) is 6.54 Å².